The van der Waals surface area contributed by atoms with Crippen molar-refractivity contribution in [3.05, 3.63) is 41.5 Å². The van der Waals surface area contributed by atoms with Gasteiger partial charge in [-0.2, -0.15) is 0 Å². The van der Waals surface area contributed by atoms with Crippen LogP contribution in [-0.4, -0.2) is 46.3 Å². The summed E-state index contributed by atoms with van der Waals surface area (Å²) in [7, 11) is 3.74. The topological polar surface area (TPSA) is 67.6 Å². The van der Waals surface area contributed by atoms with E-state index in [1.165, 1.54) is 12.8 Å². The quantitative estimate of drug-likeness (QED) is 0.635. The van der Waals surface area contributed by atoms with Gasteiger partial charge in [-0.1, -0.05) is 18.2 Å². The Bertz CT molecular complexity index is 754. The predicted molar refractivity (Wildman–Crippen MR) is 102 cm³/mol. The van der Waals surface area contributed by atoms with Crippen molar-refractivity contribution in [2.24, 2.45) is 4.99 Å². The number of methoxy groups -OCH3 is 1. The molecule has 1 aliphatic rings. The first kappa shape index (κ1) is 18.2. The molecule has 2 aromatic rings. The second kappa shape index (κ2) is 8.69. The highest BCUT2D eigenvalue weighted by Crippen LogP contribution is 2.19. The van der Waals surface area contributed by atoms with Crippen molar-refractivity contribution in [3.8, 4) is 5.75 Å². The van der Waals surface area contributed by atoms with Crippen molar-refractivity contribution in [1.29, 1.82) is 0 Å². The fourth-order valence-corrected chi connectivity index (χ4v) is 3.26. The van der Waals surface area contributed by atoms with E-state index in [1.54, 1.807) is 7.11 Å². The molecule has 1 N–H and O–H groups in total. The Balaban J connectivity index is 1.73. The van der Waals surface area contributed by atoms with Crippen LogP contribution in [0.5, 0.6) is 5.75 Å². The van der Waals surface area contributed by atoms with Crippen LogP contribution in [0.1, 0.15) is 37.0 Å². The van der Waals surface area contributed by atoms with Gasteiger partial charge in [0.15, 0.2) is 11.8 Å². The molecule has 0 spiro atoms. The molecule has 0 atom stereocenters. The zero-order chi connectivity index (χ0) is 18.4. The number of nitrogens with zero attached hydrogens (tertiary/aromatic N) is 5. The summed E-state index contributed by atoms with van der Waals surface area (Å²) < 4.78 is 7.68. The second-order valence-corrected chi connectivity index (χ2v) is 6.48. The van der Waals surface area contributed by atoms with Crippen LogP contribution >= 0.6 is 0 Å². The molecule has 0 aliphatic carbocycles. The Morgan fingerprint density at radius 3 is 2.96 bits per heavy atom. The summed E-state index contributed by atoms with van der Waals surface area (Å²) in [5.74, 6) is 3.78. The van der Waals surface area contributed by atoms with Gasteiger partial charge in [0.2, 0.25) is 0 Å². The van der Waals surface area contributed by atoms with E-state index in [-0.39, 0.29) is 0 Å². The number of rotatable bonds is 6. The van der Waals surface area contributed by atoms with Crippen molar-refractivity contribution in [3.63, 3.8) is 0 Å². The molecule has 0 bridgehead atoms. The van der Waals surface area contributed by atoms with Crippen molar-refractivity contribution in [2.45, 2.75) is 45.8 Å². The van der Waals surface area contributed by atoms with E-state index in [9.17, 15) is 0 Å². The molecule has 0 saturated heterocycles. The van der Waals surface area contributed by atoms with E-state index in [4.69, 9.17) is 9.73 Å². The number of ether oxygens (including phenoxy) is 1. The van der Waals surface area contributed by atoms with E-state index in [2.05, 4.69) is 38.0 Å². The molecule has 1 aromatic carbocycles. The Morgan fingerprint density at radius 2 is 2.15 bits per heavy atom. The van der Waals surface area contributed by atoms with Crippen LogP contribution in [-0.2, 0) is 26.1 Å². The van der Waals surface area contributed by atoms with Gasteiger partial charge in [0.25, 0.3) is 0 Å². The zero-order valence-corrected chi connectivity index (χ0v) is 15.9. The molecule has 0 unspecified atom stereocenters. The highest BCUT2D eigenvalue weighted by Gasteiger charge is 2.16. The van der Waals surface area contributed by atoms with E-state index >= 15 is 0 Å². The molecule has 7 nitrogen and oxygen atoms in total. The molecule has 26 heavy (non-hydrogen) atoms. The lowest BCUT2D eigenvalue weighted by Crippen LogP contribution is -2.38. The number of benzene rings is 1. The van der Waals surface area contributed by atoms with Gasteiger partial charge in [0, 0.05) is 38.7 Å². The van der Waals surface area contributed by atoms with Crippen molar-refractivity contribution in [1.82, 2.24) is 25.0 Å². The average molecular weight is 356 g/mol. The summed E-state index contributed by atoms with van der Waals surface area (Å²) >= 11 is 0. The number of aromatic nitrogens is 3. The minimum atomic E-state index is 0.533. The van der Waals surface area contributed by atoms with E-state index in [0.29, 0.717) is 13.1 Å². The molecule has 3 rings (SSSR count). The van der Waals surface area contributed by atoms with Gasteiger partial charge >= 0.3 is 0 Å². The largest absolute Gasteiger partial charge is 0.496 e. The maximum Gasteiger partial charge on any atom is 0.194 e. The average Bonchev–Trinajstić information content (AvgIpc) is 3.08. The van der Waals surface area contributed by atoms with E-state index < -0.39 is 0 Å². The van der Waals surface area contributed by atoms with Crippen LogP contribution in [0.3, 0.4) is 0 Å². The normalized spacial score (nSPS) is 14.0. The minimum Gasteiger partial charge on any atom is -0.496 e. The summed E-state index contributed by atoms with van der Waals surface area (Å²) in [6, 6.07) is 8.07. The summed E-state index contributed by atoms with van der Waals surface area (Å²) in [4.78, 5) is 6.89. The van der Waals surface area contributed by atoms with Crippen LogP contribution in [0.4, 0.5) is 0 Å². The van der Waals surface area contributed by atoms with Gasteiger partial charge in [-0.25, -0.2) is 4.99 Å². The molecule has 2 heterocycles. The maximum absolute atomic E-state index is 5.46. The lowest BCUT2D eigenvalue weighted by atomic mass is 10.2. The summed E-state index contributed by atoms with van der Waals surface area (Å²) in [5.41, 5.74) is 1.13. The number of hydrogen-bond acceptors (Lipinski definition) is 4. The smallest absolute Gasteiger partial charge is 0.194 e. The van der Waals surface area contributed by atoms with Gasteiger partial charge in [0.1, 0.15) is 18.1 Å². The van der Waals surface area contributed by atoms with Crippen LogP contribution in [0.15, 0.2) is 29.3 Å². The third kappa shape index (κ3) is 4.15. The molecular formula is C19H28N6O. The van der Waals surface area contributed by atoms with Gasteiger partial charge in [-0.15, -0.1) is 10.2 Å². The Kier molecular flexibility index (Phi) is 6.09. The molecule has 1 aromatic heterocycles. The number of aliphatic imine (C=N–C) groups is 1. The molecule has 0 radical (unpaired) electrons. The molecule has 0 saturated carbocycles. The van der Waals surface area contributed by atoms with Crippen molar-refractivity contribution in [2.75, 3.05) is 20.7 Å². The predicted octanol–water partition coefficient (Wildman–Crippen LogP) is 2.22. The summed E-state index contributed by atoms with van der Waals surface area (Å²) in [6.45, 7) is 5.14. The fourth-order valence-electron chi connectivity index (χ4n) is 3.26. The highest BCUT2D eigenvalue weighted by molar-refractivity contribution is 5.79. The first-order valence-corrected chi connectivity index (χ1v) is 9.25. The Morgan fingerprint density at radius 1 is 1.31 bits per heavy atom. The SMILES string of the molecule is CCNC(=NCc1nnc2n1CCCC2)N(C)Cc1ccccc1OC. The van der Waals surface area contributed by atoms with Crippen LogP contribution < -0.4 is 10.1 Å². The minimum absolute atomic E-state index is 0.533. The molecule has 0 amide bonds. The highest BCUT2D eigenvalue weighted by atomic mass is 16.5. The van der Waals surface area contributed by atoms with Crippen molar-refractivity contribution < 1.29 is 4.74 Å². The van der Waals surface area contributed by atoms with Crippen LogP contribution in [0.2, 0.25) is 0 Å². The van der Waals surface area contributed by atoms with E-state index in [0.717, 1.165) is 48.4 Å². The molecule has 140 valence electrons. The second-order valence-electron chi connectivity index (χ2n) is 6.48. The number of guanidine groups is 1. The summed E-state index contributed by atoms with van der Waals surface area (Å²) in [5, 5.41) is 12.0. The molecular weight excluding hydrogens is 328 g/mol. The van der Waals surface area contributed by atoms with Gasteiger partial charge in [0.05, 0.1) is 7.11 Å². The van der Waals surface area contributed by atoms with Gasteiger partial charge in [-0.3, -0.25) is 0 Å². The van der Waals surface area contributed by atoms with Gasteiger partial charge in [-0.05, 0) is 25.8 Å². The van der Waals surface area contributed by atoms with Crippen LogP contribution in [0.25, 0.3) is 0 Å². The third-order valence-corrected chi connectivity index (χ3v) is 4.60. The first-order valence-electron chi connectivity index (χ1n) is 9.25. The molecule has 7 heteroatoms. The fraction of sp³-hybridized carbons (Fsp3) is 0.526. The Hall–Kier alpha value is -2.57. The lowest BCUT2D eigenvalue weighted by molar-refractivity contribution is 0.396. The molecule has 0 fully saturated rings. The molecule has 1 aliphatic heterocycles. The van der Waals surface area contributed by atoms with Crippen LogP contribution in [0, 0.1) is 0 Å². The number of nitrogens with one attached hydrogen (secondary N) is 1. The third-order valence-electron chi connectivity index (χ3n) is 4.60. The maximum atomic E-state index is 5.46. The number of aryl methyl sites for hydroxylation is 1. The number of hydrogen-bond donors (Lipinski definition) is 1. The monoisotopic (exact) mass is 356 g/mol. The number of fused-ring (bicyclic) bond motifs is 1. The standard InChI is InChI=1S/C19H28N6O/c1-4-20-19(24(2)14-15-9-5-6-10-16(15)26-3)21-13-18-23-22-17-11-7-8-12-25(17)18/h5-6,9-10H,4,7-8,11-14H2,1-3H3,(H,20,21). The van der Waals surface area contributed by atoms with Crippen molar-refractivity contribution >= 4 is 5.96 Å². The lowest BCUT2D eigenvalue weighted by Gasteiger charge is -2.23. The number of para-hydroxylation sites is 1. The zero-order valence-electron chi connectivity index (χ0n) is 15.9. The summed E-state index contributed by atoms with van der Waals surface area (Å²) in [6.07, 6.45) is 3.41. The first-order chi connectivity index (χ1) is 12.7. The van der Waals surface area contributed by atoms with Gasteiger partial charge < -0.3 is 19.5 Å². The Labute approximate surface area is 155 Å². The van der Waals surface area contributed by atoms with E-state index in [1.807, 2.05) is 25.2 Å².